The summed E-state index contributed by atoms with van der Waals surface area (Å²) in [7, 11) is 4.58. The molecule has 0 aromatic rings. The molecule has 0 aromatic carbocycles. The van der Waals surface area contributed by atoms with Crippen molar-refractivity contribution in [2.24, 2.45) is 23.7 Å². The summed E-state index contributed by atoms with van der Waals surface area (Å²) in [4.78, 5) is 2.51. The van der Waals surface area contributed by atoms with Gasteiger partial charge in [-0.2, -0.15) is 0 Å². The fourth-order valence-electron chi connectivity index (χ4n) is 4.10. The van der Waals surface area contributed by atoms with Gasteiger partial charge in [0, 0.05) is 6.04 Å². The van der Waals surface area contributed by atoms with E-state index in [1.807, 2.05) is 0 Å². The minimum absolute atomic E-state index is 0.867. The van der Waals surface area contributed by atoms with Gasteiger partial charge in [-0.15, -0.1) is 0 Å². The molecule has 0 aromatic heterocycles. The molecule has 1 heteroatoms. The first-order valence-electron chi connectivity index (χ1n) is 7.27. The largest absolute Gasteiger partial charge is 0.306 e. The van der Waals surface area contributed by atoms with E-state index in [0.29, 0.717) is 0 Å². The molecule has 0 bridgehead atoms. The quantitative estimate of drug-likeness (QED) is 0.703. The molecule has 0 saturated heterocycles. The van der Waals surface area contributed by atoms with Crippen LogP contribution < -0.4 is 0 Å². The molecule has 0 spiro atoms. The Labute approximate surface area is 102 Å². The molecule has 2 aliphatic carbocycles. The van der Waals surface area contributed by atoms with Crippen LogP contribution in [0.15, 0.2) is 0 Å². The molecule has 2 fully saturated rings. The van der Waals surface area contributed by atoms with Crippen LogP contribution in [0.3, 0.4) is 0 Å². The van der Waals surface area contributed by atoms with E-state index in [1.54, 1.807) is 0 Å². The number of hydrogen-bond donors (Lipinski definition) is 0. The second kappa shape index (κ2) is 5.08. The summed E-state index contributed by atoms with van der Waals surface area (Å²) in [6, 6.07) is 0.867. The molecular formula is C15H29N. The molecule has 3 atom stereocenters. The van der Waals surface area contributed by atoms with Gasteiger partial charge in [0.2, 0.25) is 0 Å². The molecule has 16 heavy (non-hydrogen) atoms. The zero-order chi connectivity index (χ0) is 11.7. The summed E-state index contributed by atoms with van der Waals surface area (Å²) in [5, 5.41) is 0. The smallest absolute Gasteiger partial charge is 0.0123 e. The van der Waals surface area contributed by atoms with Crippen LogP contribution in [0.2, 0.25) is 0 Å². The Bertz CT molecular complexity index is 201. The van der Waals surface area contributed by atoms with Gasteiger partial charge in [-0.3, -0.25) is 0 Å². The number of hydrogen-bond acceptors (Lipinski definition) is 1. The van der Waals surface area contributed by atoms with Gasteiger partial charge in [0.15, 0.2) is 0 Å². The Kier molecular flexibility index (Phi) is 3.94. The van der Waals surface area contributed by atoms with E-state index in [9.17, 15) is 0 Å². The van der Waals surface area contributed by atoms with Crippen LogP contribution >= 0.6 is 0 Å². The minimum Gasteiger partial charge on any atom is -0.306 e. The molecule has 2 saturated carbocycles. The summed E-state index contributed by atoms with van der Waals surface area (Å²) < 4.78 is 0. The standard InChI is InChI=1S/C15H29N/c1-11(2)13-9-6-10-14(16(3)4)15(13)12-7-5-8-12/h11-15H,5-10H2,1-4H3. The predicted octanol–water partition coefficient (Wildman–Crippen LogP) is 3.79. The average molecular weight is 223 g/mol. The van der Waals surface area contributed by atoms with Crippen molar-refractivity contribution in [2.45, 2.75) is 58.4 Å². The molecule has 3 unspecified atom stereocenters. The molecule has 0 heterocycles. The SMILES string of the molecule is CC(C)C1CCCC(N(C)C)C1C1CCC1. The van der Waals surface area contributed by atoms with Crippen molar-refractivity contribution in [1.29, 1.82) is 0 Å². The highest BCUT2D eigenvalue weighted by molar-refractivity contribution is 4.94. The van der Waals surface area contributed by atoms with E-state index in [-0.39, 0.29) is 0 Å². The minimum atomic E-state index is 0.867. The Morgan fingerprint density at radius 1 is 0.938 bits per heavy atom. The van der Waals surface area contributed by atoms with Gasteiger partial charge >= 0.3 is 0 Å². The Balaban J connectivity index is 2.11. The summed E-state index contributed by atoms with van der Waals surface area (Å²) in [6.07, 6.45) is 8.90. The maximum Gasteiger partial charge on any atom is 0.0123 e. The van der Waals surface area contributed by atoms with Gasteiger partial charge in [0.25, 0.3) is 0 Å². The van der Waals surface area contributed by atoms with Crippen LogP contribution in [-0.4, -0.2) is 25.0 Å². The van der Waals surface area contributed by atoms with Gasteiger partial charge in [0.05, 0.1) is 0 Å². The van der Waals surface area contributed by atoms with E-state index < -0.39 is 0 Å². The van der Waals surface area contributed by atoms with Crippen molar-refractivity contribution in [2.75, 3.05) is 14.1 Å². The maximum atomic E-state index is 2.51. The van der Waals surface area contributed by atoms with Crippen LogP contribution in [0.5, 0.6) is 0 Å². The van der Waals surface area contributed by atoms with Crippen LogP contribution in [0.1, 0.15) is 52.4 Å². The second-order valence-electron chi connectivity index (χ2n) is 6.64. The molecular weight excluding hydrogens is 194 g/mol. The summed E-state index contributed by atoms with van der Waals surface area (Å²) in [5.41, 5.74) is 0. The highest BCUT2D eigenvalue weighted by Gasteiger charge is 2.42. The fourth-order valence-corrected chi connectivity index (χ4v) is 4.10. The average Bonchev–Trinajstić information content (AvgIpc) is 2.14. The lowest BCUT2D eigenvalue weighted by Gasteiger charge is -2.49. The zero-order valence-electron chi connectivity index (χ0n) is 11.6. The molecule has 2 aliphatic rings. The van der Waals surface area contributed by atoms with Crippen molar-refractivity contribution >= 4 is 0 Å². The highest BCUT2D eigenvalue weighted by atomic mass is 15.1. The van der Waals surface area contributed by atoms with E-state index in [4.69, 9.17) is 0 Å². The van der Waals surface area contributed by atoms with Gasteiger partial charge in [0.1, 0.15) is 0 Å². The van der Waals surface area contributed by atoms with E-state index in [2.05, 4.69) is 32.8 Å². The maximum absolute atomic E-state index is 2.51. The Hall–Kier alpha value is -0.0400. The van der Waals surface area contributed by atoms with Gasteiger partial charge in [-0.1, -0.05) is 39.5 Å². The van der Waals surface area contributed by atoms with Crippen LogP contribution in [0, 0.1) is 23.7 Å². The predicted molar refractivity (Wildman–Crippen MR) is 70.5 cm³/mol. The third kappa shape index (κ3) is 2.30. The fraction of sp³-hybridized carbons (Fsp3) is 1.00. The number of nitrogens with zero attached hydrogens (tertiary/aromatic N) is 1. The van der Waals surface area contributed by atoms with Crippen molar-refractivity contribution < 1.29 is 0 Å². The van der Waals surface area contributed by atoms with E-state index in [1.165, 1.54) is 38.5 Å². The first-order valence-corrected chi connectivity index (χ1v) is 7.27. The number of rotatable bonds is 3. The Morgan fingerprint density at radius 3 is 2.00 bits per heavy atom. The van der Waals surface area contributed by atoms with Crippen LogP contribution in [0.25, 0.3) is 0 Å². The van der Waals surface area contributed by atoms with E-state index in [0.717, 1.165) is 29.7 Å². The lowest BCUT2D eigenvalue weighted by molar-refractivity contribution is 0.00642. The van der Waals surface area contributed by atoms with Gasteiger partial charge in [-0.25, -0.2) is 0 Å². The molecule has 94 valence electrons. The highest BCUT2D eigenvalue weighted by Crippen LogP contribution is 2.47. The summed E-state index contributed by atoms with van der Waals surface area (Å²) in [6.45, 7) is 4.88. The summed E-state index contributed by atoms with van der Waals surface area (Å²) in [5.74, 6) is 3.93. The molecule has 1 nitrogen and oxygen atoms in total. The van der Waals surface area contributed by atoms with Crippen LogP contribution in [0.4, 0.5) is 0 Å². The first-order chi connectivity index (χ1) is 7.61. The third-order valence-electron chi connectivity index (χ3n) is 5.19. The van der Waals surface area contributed by atoms with Crippen molar-refractivity contribution in [3.63, 3.8) is 0 Å². The molecule has 0 radical (unpaired) electrons. The molecule has 0 amide bonds. The lowest BCUT2D eigenvalue weighted by atomic mass is 9.60. The van der Waals surface area contributed by atoms with Crippen molar-refractivity contribution in [3.05, 3.63) is 0 Å². The van der Waals surface area contributed by atoms with Gasteiger partial charge in [-0.05, 0) is 50.6 Å². The molecule has 2 rings (SSSR count). The van der Waals surface area contributed by atoms with Crippen LogP contribution in [-0.2, 0) is 0 Å². The monoisotopic (exact) mass is 223 g/mol. The zero-order valence-corrected chi connectivity index (χ0v) is 11.6. The topological polar surface area (TPSA) is 3.24 Å². The second-order valence-corrected chi connectivity index (χ2v) is 6.64. The lowest BCUT2D eigenvalue weighted by Crippen LogP contribution is -2.48. The summed E-state index contributed by atoms with van der Waals surface area (Å²) >= 11 is 0. The van der Waals surface area contributed by atoms with Crippen molar-refractivity contribution in [3.8, 4) is 0 Å². The first kappa shape index (κ1) is 12.4. The normalized spacial score (nSPS) is 36.8. The molecule has 0 N–H and O–H groups in total. The van der Waals surface area contributed by atoms with E-state index >= 15 is 0 Å². The van der Waals surface area contributed by atoms with Crippen molar-refractivity contribution in [1.82, 2.24) is 4.90 Å². The molecule has 0 aliphatic heterocycles. The third-order valence-corrected chi connectivity index (χ3v) is 5.19. The Morgan fingerprint density at radius 2 is 1.56 bits per heavy atom. The van der Waals surface area contributed by atoms with Gasteiger partial charge < -0.3 is 4.90 Å².